The van der Waals surface area contributed by atoms with Gasteiger partial charge in [0, 0.05) is 18.6 Å². The van der Waals surface area contributed by atoms with E-state index in [0.717, 1.165) is 0 Å². The molecule has 0 fully saturated rings. The van der Waals surface area contributed by atoms with Crippen LogP contribution in [0, 0.1) is 17.3 Å². The van der Waals surface area contributed by atoms with Crippen LogP contribution in [0.4, 0.5) is 0 Å². The number of aliphatic carboxylic acids is 1. The number of nitrogens with zero attached hydrogens (tertiary/aromatic N) is 1. The van der Waals surface area contributed by atoms with Gasteiger partial charge in [-0.25, -0.2) is 8.42 Å². The number of hydrogen-bond donors (Lipinski definition) is 4. The number of pyridine rings is 1. The average Bonchev–Trinajstić information content (AvgIpc) is 2.77. The quantitative estimate of drug-likeness (QED) is 0.384. The van der Waals surface area contributed by atoms with Crippen molar-refractivity contribution in [1.82, 2.24) is 20.3 Å². The Morgan fingerprint density at radius 2 is 1.69 bits per heavy atom. The summed E-state index contributed by atoms with van der Waals surface area (Å²) >= 11 is 0. The number of carboxylic acids is 1. The summed E-state index contributed by atoms with van der Waals surface area (Å²) in [5.41, 5.74) is -0.491. The van der Waals surface area contributed by atoms with Gasteiger partial charge in [0.2, 0.25) is 21.8 Å². The summed E-state index contributed by atoms with van der Waals surface area (Å²) in [5, 5.41) is 15.7. The SMILES string of the molecule is CNC(=O)[C@@H](NC(=O)[C@H](CC(C)C)[C@H](NS(=O)(=O)c1cccc2cccnc12)C(=O)O)C(C)(C)C. The topological polar surface area (TPSA) is 155 Å². The molecule has 1 aromatic carbocycles. The van der Waals surface area contributed by atoms with E-state index >= 15 is 0 Å². The molecule has 35 heavy (non-hydrogen) atoms. The zero-order chi connectivity index (χ0) is 26.6. The van der Waals surface area contributed by atoms with Crippen molar-refractivity contribution in [3.63, 3.8) is 0 Å². The van der Waals surface area contributed by atoms with Crippen molar-refractivity contribution >= 4 is 38.7 Å². The second-order valence-electron chi connectivity index (χ2n) is 9.93. The van der Waals surface area contributed by atoms with Crippen LogP contribution in [0.5, 0.6) is 0 Å². The maximum atomic E-state index is 13.3. The first kappa shape index (κ1) is 28.2. The van der Waals surface area contributed by atoms with Crippen molar-refractivity contribution in [2.24, 2.45) is 17.3 Å². The second kappa shape index (κ2) is 11.1. The molecule has 2 rings (SSSR count). The van der Waals surface area contributed by atoms with Crippen LogP contribution < -0.4 is 15.4 Å². The van der Waals surface area contributed by atoms with Crippen molar-refractivity contribution in [2.45, 2.75) is 58.0 Å². The number of para-hydroxylation sites is 1. The van der Waals surface area contributed by atoms with Crippen molar-refractivity contribution in [3.8, 4) is 0 Å². The third-order valence-corrected chi connectivity index (χ3v) is 7.03. The first-order valence-corrected chi connectivity index (χ1v) is 12.8. The van der Waals surface area contributed by atoms with Crippen molar-refractivity contribution < 1.29 is 27.9 Å². The van der Waals surface area contributed by atoms with Crippen LogP contribution in [-0.2, 0) is 24.4 Å². The molecule has 2 amide bonds. The molecule has 2 aromatic rings. The van der Waals surface area contributed by atoms with Crippen LogP contribution >= 0.6 is 0 Å². The molecule has 4 N–H and O–H groups in total. The molecule has 0 bridgehead atoms. The van der Waals surface area contributed by atoms with Crippen LogP contribution in [0.1, 0.15) is 41.0 Å². The number of amides is 2. The Morgan fingerprint density at radius 3 is 2.23 bits per heavy atom. The maximum absolute atomic E-state index is 13.3. The number of hydrogen-bond acceptors (Lipinski definition) is 6. The van der Waals surface area contributed by atoms with Crippen LogP contribution in [0.25, 0.3) is 10.9 Å². The molecule has 1 heterocycles. The third kappa shape index (κ3) is 6.98. The van der Waals surface area contributed by atoms with Gasteiger partial charge in [0.15, 0.2) is 0 Å². The number of aromatic nitrogens is 1. The summed E-state index contributed by atoms with van der Waals surface area (Å²) in [7, 11) is -2.94. The number of sulfonamides is 1. The average molecular weight is 507 g/mol. The number of carbonyl (C=O) groups is 3. The van der Waals surface area contributed by atoms with Gasteiger partial charge in [-0.2, -0.15) is 4.72 Å². The largest absolute Gasteiger partial charge is 0.480 e. The highest BCUT2D eigenvalue weighted by Gasteiger charge is 2.41. The number of fused-ring (bicyclic) bond motifs is 1. The maximum Gasteiger partial charge on any atom is 0.322 e. The van der Waals surface area contributed by atoms with E-state index in [-0.39, 0.29) is 22.8 Å². The highest BCUT2D eigenvalue weighted by Crippen LogP contribution is 2.25. The van der Waals surface area contributed by atoms with Crippen LogP contribution in [0.3, 0.4) is 0 Å². The fraction of sp³-hybridized carbons (Fsp3) is 0.500. The van der Waals surface area contributed by atoms with E-state index in [0.29, 0.717) is 5.39 Å². The van der Waals surface area contributed by atoms with E-state index in [1.54, 1.807) is 52.8 Å². The van der Waals surface area contributed by atoms with Gasteiger partial charge in [-0.05, 0) is 29.9 Å². The molecule has 3 atom stereocenters. The number of carbonyl (C=O) groups excluding carboxylic acids is 2. The first-order valence-electron chi connectivity index (χ1n) is 11.3. The summed E-state index contributed by atoms with van der Waals surface area (Å²) in [6.45, 7) is 8.87. The number of carboxylic acid groups (broad SMARTS) is 1. The Bertz CT molecular complexity index is 1180. The van der Waals surface area contributed by atoms with Crippen LogP contribution in [0.15, 0.2) is 41.4 Å². The monoisotopic (exact) mass is 506 g/mol. The second-order valence-corrected chi connectivity index (χ2v) is 11.6. The minimum absolute atomic E-state index is 0.0731. The standard InChI is InChI=1S/C24H34N4O6S/c1-14(2)13-16(21(29)27-20(22(30)25-6)24(3,4)5)19(23(31)32)28-35(33,34)17-11-7-9-15-10-8-12-26-18(15)17/h7-12,14,16,19-20,28H,13H2,1-6H3,(H,25,30)(H,27,29)(H,31,32)/t16-,19+,20-/m1/s1. The van der Waals surface area contributed by atoms with Gasteiger partial charge in [-0.3, -0.25) is 19.4 Å². The molecule has 0 aliphatic carbocycles. The van der Waals surface area contributed by atoms with Gasteiger partial charge >= 0.3 is 5.97 Å². The van der Waals surface area contributed by atoms with Crippen LogP contribution in [0.2, 0.25) is 0 Å². The fourth-order valence-electron chi connectivity index (χ4n) is 3.80. The van der Waals surface area contributed by atoms with Crippen molar-refractivity contribution in [2.75, 3.05) is 7.05 Å². The third-order valence-electron chi connectivity index (χ3n) is 5.56. The van der Waals surface area contributed by atoms with Gasteiger partial charge in [-0.1, -0.05) is 52.8 Å². The lowest BCUT2D eigenvalue weighted by Crippen LogP contribution is -2.58. The lowest BCUT2D eigenvalue weighted by molar-refractivity contribution is -0.144. The summed E-state index contributed by atoms with van der Waals surface area (Å²) < 4.78 is 28.8. The molecule has 0 aliphatic rings. The van der Waals surface area contributed by atoms with E-state index in [1.165, 1.54) is 25.4 Å². The lowest BCUT2D eigenvalue weighted by atomic mass is 9.84. The molecule has 11 heteroatoms. The predicted molar refractivity (Wildman–Crippen MR) is 132 cm³/mol. The molecular formula is C24H34N4O6S. The normalized spacial score (nSPS) is 14.8. The summed E-state index contributed by atoms with van der Waals surface area (Å²) in [5.74, 6) is -4.09. The zero-order valence-corrected chi connectivity index (χ0v) is 21.6. The minimum Gasteiger partial charge on any atom is -0.480 e. The van der Waals surface area contributed by atoms with Crippen molar-refractivity contribution in [1.29, 1.82) is 0 Å². The molecule has 10 nitrogen and oxygen atoms in total. The first-order chi connectivity index (χ1) is 16.2. The Kier molecular flexibility index (Phi) is 8.96. The van der Waals surface area contributed by atoms with Gasteiger partial charge < -0.3 is 15.7 Å². The molecule has 0 saturated heterocycles. The number of benzene rings is 1. The van der Waals surface area contributed by atoms with Gasteiger partial charge in [0.05, 0.1) is 11.4 Å². The van der Waals surface area contributed by atoms with E-state index in [1.807, 2.05) is 0 Å². The Morgan fingerprint density at radius 1 is 1.06 bits per heavy atom. The van der Waals surface area contributed by atoms with Gasteiger partial charge in [0.25, 0.3) is 0 Å². The lowest BCUT2D eigenvalue weighted by Gasteiger charge is -2.33. The van der Waals surface area contributed by atoms with E-state index < -0.39 is 51.2 Å². The molecule has 0 radical (unpaired) electrons. The zero-order valence-electron chi connectivity index (χ0n) is 20.8. The Balaban J connectivity index is 2.48. The Hall–Kier alpha value is -3.05. The Labute approximate surface area is 205 Å². The summed E-state index contributed by atoms with van der Waals surface area (Å²) in [4.78, 5) is 42.0. The minimum atomic E-state index is -4.38. The van der Waals surface area contributed by atoms with Crippen LogP contribution in [-0.4, -0.2) is 55.4 Å². The molecule has 192 valence electrons. The number of likely N-dealkylation sites (N-methyl/N-ethyl adjacent to an activating group) is 1. The smallest absolute Gasteiger partial charge is 0.322 e. The van der Waals surface area contributed by atoms with E-state index in [9.17, 15) is 27.9 Å². The van der Waals surface area contributed by atoms with Gasteiger partial charge in [0.1, 0.15) is 17.0 Å². The highest BCUT2D eigenvalue weighted by molar-refractivity contribution is 7.89. The number of rotatable bonds is 10. The summed E-state index contributed by atoms with van der Waals surface area (Å²) in [6, 6.07) is 5.18. The molecule has 0 unspecified atom stereocenters. The molecule has 1 aromatic heterocycles. The fourth-order valence-corrected chi connectivity index (χ4v) is 5.21. The van der Waals surface area contributed by atoms with E-state index in [2.05, 4.69) is 20.3 Å². The molecule has 0 saturated carbocycles. The molecular weight excluding hydrogens is 472 g/mol. The van der Waals surface area contributed by atoms with Gasteiger partial charge in [-0.15, -0.1) is 0 Å². The predicted octanol–water partition coefficient (Wildman–Crippen LogP) is 1.91. The molecule has 0 aliphatic heterocycles. The van der Waals surface area contributed by atoms with Crippen molar-refractivity contribution in [3.05, 3.63) is 36.5 Å². The highest BCUT2D eigenvalue weighted by atomic mass is 32.2. The molecule has 0 spiro atoms. The van der Waals surface area contributed by atoms with E-state index in [4.69, 9.17) is 0 Å². The number of nitrogens with one attached hydrogen (secondary N) is 3. The summed E-state index contributed by atoms with van der Waals surface area (Å²) in [6.07, 6.45) is 1.51.